The van der Waals surface area contributed by atoms with E-state index in [0.717, 1.165) is 34.3 Å². The van der Waals surface area contributed by atoms with Crippen molar-refractivity contribution in [2.45, 2.75) is 80.4 Å². The normalized spacial score (nSPS) is 17.2. The lowest BCUT2D eigenvalue weighted by molar-refractivity contribution is -0.128. The van der Waals surface area contributed by atoms with Gasteiger partial charge in [-0.05, 0) is 66.3 Å². The molecule has 2 atom stereocenters. The van der Waals surface area contributed by atoms with Crippen molar-refractivity contribution in [1.82, 2.24) is 24.8 Å². The Labute approximate surface area is 280 Å². The third-order valence-corrected chi connectivity index (χ3v) is 9.73. The van der Waals surface area contributed by atoms with Gasteiger partial charge in [0, 0.05) is 32.2 Å². The number of hydrogen-bond donors (Lipinski definition) is 2. The number of oxazole rings is 1. The molecule has 1 aliphatic rings. The lowest BCUT2D eigenvalue weighted by Crippen LogP contribution is -2.42. The van der Waals surface area contributed by atoms with E-state index >= 15 is 0 Å². The number of fused-ring (bicyclic) bond motifs is 1. The number of nitrogens with one attached hydrogen (secondary N) is 2. The zero-order valence-electron chi connectivity index (χ0n) is 28.4. The summed E-state index contributed by atoms with van der Waals surface area (Å²) in [6, 6.07) is 12.3. The van der Waals surface area contributed by atoms with E-state index < -0.39 is 0 Å². The van der Waals surface area contributed by atoms with Crippen LogP contribution >= 0.6 is 11.3 Å². The summed E-state index contributed by atoms with van der Waals surface area (Å²) in [7, 11) is 0. The van der Waals surface area contributed by atoms with Crippen LogP contribution in [0.4, 0.5) is 0 Å². The molecule has 0 spiro atoms. The van der Waals surface area contributed by atoms with Gasteiger partial charge in [0.1, 0.15) is 11.6 Å². The number of nitrogens with zero attached hydrogens (tertiary/aromatic N) is 5. The topological polar surface area (TPSA) is 132 Å². The number of likely N-dealkylation sites (tertiary alicyclic amines) is 1. The van der Waals surface area contributed by atoms with Gasteiger partial charge in [-0.15, -0.1) is 11.3 Å². The predicted octanol–water partition coefficient (Wildman–Crippen LogP) is 6.69. The number of benzene rings is 1. The average molecular weight is 656 g/mol. The van der Waals surface area contributed by atoms with Crippen molar-refractivity contribution < 1.29 is 14.0 Å². The van der Waals surface area contributed by atoms with Gasteiger partial charge in [-0.2, -0.15) is 10.3 Å². The van der Waals surface area contributed by atoms with E-state index in [2.05, 4.69) is 76.8 Å². The molecule has 0 bridgehead atoms. The highest BCUT2D eigenvalue weighted by Gasteiger charge is 2.28. The van der Waals surface area contributed by atoms with E-state index in [1.165, 1.54) is 17.7 Å². The monoisotopic (exact) mass is 655 g/mol. The third kappa shape index (κ3) is 8.37. The SMILES string of the molecule is CC(NCc1ccc2c(c1)[nH]c(=NC(=O)c1ccc(-c3cnco3)s1)n2CC1CCCN(C(=O)C(C#N)=CC(C)(C)C)C1)C(C)(C)C. The molecule has 4 aromatic rings. The predicted molar refractivity (Wildman–Crippen MR) is 184 cm³/mol. The molecule has 0 saturated carbocycles. The molecule has 2 amide bonds. The maximum Gasteiger partial charge on any atom is 0.290 e. The lowest BCUT2D eigenvalue weighted by atomic mass is 9.88. The van der Waals surface area contributed by atoms with E-state index in [1.54, 1.807) is 23.2 Å². The van der Waals surface area contributed by atoms with Gasteiger partial charge in [0.2, 0.25) is 5.62 Å². The highest BCUT2D eigenvalue weighted by Crippen LogP contribution is 2.29. The number of thiophene rings is 1. The van der Waals surface area contributed by atoms with E-state index in [4.69, 9.17) is 4.42 Å². The molecule has 5 rings (SSSR count). The minimum absolute atomic E-state index is 0.115. The van der Waals surface area contributed by atoms with Crippen LogP contribution in [0.1, 0.15) is 76.5 Å². The summed E-state index contributed by atoms with van der Waals surface area (Å²) in [5, 5.41) is 13.4. The van der Waals surface area contributed by atoms with Crippen LogP contribution in [0.2, 0.25) is 0 Å². The Bertz CT molecular complexity index is 1870. The summed E-state index contributed by atoms with van der Waals surface area (Å²) < 4.78 is 7.46. The van der Waals surface area contributed by atoms with Gasteiger partial charge in [0.15, 0.2) is 12.2 Å². The van der Waals surface area contributed by atoms with E-state index in [-0.39, 0.29) is 34.1 Å². The van der Waals surface area contributed by atoms with Crippen LogP contribution in [0.5, 0.6) is 0 Å². The number of rotatable bonds is 8. The Hall–Kier alpha value is -4.27. The Morgan fingerprint density at radius 2 is 2.02 bits per heavy atom. The molecule has 248 valence electrons. The molecule has 1 fully saturated rings. The molecule has 11 heteroatoms. The average Bonchev–Trinajstić information content (AvgIpc) is 3.78. The highest BCUT2D eigenvalue weighted by molar-refractivity contribution is 7.17. The molecule has 1 saturated heterocycles. The summed E-state index contributed by atoms with van der Waals surface area (Å²) in [4.78, 5) is 41.9. The van der Waals surface area contributed by atoms with Gasteiger partial charge in [0.05, 0.1) is 27.0 Å². The fourth-order valence-electron chi connectivity index (χ4n) is 5.66. The molecule has 0 aliphatic carbocycles. The molecule has 1 aromatic carbocycles. The molecule has 0 radical (unpaired) electrons. The molecule has 4 heterocycles. The summed E-state index contributed by atoms with van der Waals surface area (Å²) in [6.45, 7) is 17.2. The first-order chi connectivity index (χ1) is 22.2. The number of piperidine rings is 1. The molecular formula is C36H45N7O3S. The van der Waals surface area contributed by atoms with Crippen LogP contribution in [-0.4, -0.2) is 50.4 Å². The number of aromatic amines is 1. The van der Waals surface area contributed by atoms with Gasteiger partial charge < -0.3 is 24.2 Å². The van der Waals surface area contributed by atoms with Crippen molar-refractivity contribution in [1.29, 1.82) is 5.26 Å². The fraction of sp³-hybridized carbons (Fsp3) is 0.472. The van der Waals surface area contributed by atoms with Crippen LogP contribution in [0.3, 0.4) is 0 Å². The number of aromatic nitrogens is 3. The van der Waals surface area contributed by atoms with Crippen molar-refractivity contribution in [2.24, 2.45) is 21.7 Å². The van der Waals surface area contributed by atoms with Gasteiger partial charge in [-0.1, -0.05) is 53.7 Å². The van der Waals surface area contributed by atoms with Crippen LogP contribution in [0, 0.1) is 28.1 Å². The molecule has 1 aliphatic heterocycles. The first kappa shape index (κ1) is 34.1. The molecular weight excluding hydrogens is 611 g/mol. The minimum Gasteiger partial charge on any atom is -0.443 e. The lowest BCUT2D eigenvalue weighted by Gasteiger charge is -2.33. The number of H-pyrrole nitrogens is 1. The number of amides is 2. The second-order valence-corrected chi connectivity index (χ2v) is 15.7. The summed E-state index contributed by atoms with van der Waals surface area (Å²) in [6.07, 6.45) is 6.49. The van der Waals surface area contributed by atoms with Crippen LogP contribution in [0.15, 0.2) is 64.0 Å². The van der Waals surface area contributed by atoms with Gasteiger partial charge in [-0.3, -0.25) is 9.59 Å². The Morgan fingerprint density at radius 1 is 1.23 bits per heavy atom. The number of carbonyl (C=O) groups is 2. The second-order valence-electron chi connectivity index (χ2n) is 14.6. The molecule has 10 nitrogen and oxygen atoms in total. The Balaban J connectivity index is 1.46. The van der Waals surface area contributed by atoms with Gasteiger partial charge in [-0.25, -0.2) is 4.98 Å². The first-order valence-electron chi connectivity index (χ1n) is 16.2. The van der Waals surface area contributed by atoms with Crippen LogP contribution in [-0.2, 0) is 17.9 Å². The fourth-order valence-corrected chi connectivity index (χ4v) is 6.50. The van der Waals surface area contributed by atoms with Gasteiger partial charge >= 0.3 is 0 Å². The smallest absolute Gasteiger partial charge is 0.290 e. The standard InChI is InChI=1S/C36H45N7O3S/c1-23(36(5,6)7)39-18-24-10-11-28-27(15-24)40-34(41-32(44)31-13-12-30(47-31)29-19-38-22-46-29)43(28)21-25-9-8-14-42(20-25)33(45)26(17-37)16-35(2,3)4/h10-13,15-16,19,22-23,25,39H,8-9,14,18,20-21H2,1-7H3,(H,40,41,44). The highest BCUT2D eigenvalue weighted by atomic mass is 32.1. The second kappa shape index (κ2) is 13.8. The Kier molecular flexibility index (Phi) is 10.0. The van der Waals surface area contributed by atoms with Crippen LogP contribution in [0.25, 0.3) is 21.7 Å². The van der Waals surface area contributed by atoms with Crippen molar-refractivity contribution >= 4 is 34.2 Å². The number of hydrogen-bond acceptors (Lipinski definition) is 7. The first-order valence-corrected chi connectivity index (χ1v) is 17.0. The zero-order valence-corrected chi connectivity index (χ0v) is 29.2. The summed E-state index contributed by atoms with van der Waals surface area (Å²) in [5.74, 6) is 0.139. The largest absolute Gasteiger partial charge is 0.443 e. The number of allylic oxidation sites excluding steroid dienone is 1. The number of nitriles is 1. The minimum atomic E-state index is -0.353. The summed E-state index contributed by atoms with van der Waals surface area (Å²) in [5.41, 5.74) is 3.44. The number of imidazole rings is 1. The van der Waals surface area contributed by atoms with E-state index in [1.807, 2.05) is 26.8 Å². The molecule has 47 heavy (non-hydrogen) atoms. The number of carbonyl (C=O) groups excluding carboxylic acids is 2. The van der Waals surface area contributed by atoms with E-state index in [0.29, 0.717) is 48.5 Å². The van der Waals surface area contributed by atoms with Crippen molar-refractivity contribution in [3.8, 4) is 16.7 Å². The quantitative estimate of drug-likeness (QED) is 0.161. The molecule has 2 N–H and O–H groups in total. The maximum atomic E-state index is 13.5. The van der Waals surface area contributed by atoms with E-state index in [9.17, 15) is 14.9 Å². The Morgan fingerprint density at radius 3 is 2.70 bits per heavy atom. The van der Waals surface area contributed by atoms with Crippen LogP contribution < -0.4 is 10.9 Å². The molecule has 2 unspecified atom stereocenters. The maximum absolute atomic E-state index is 13.5. The van der Waals surface area contributed by atoms with Crippen molar-refractivity contribution in [2.75, 3.05) is 13.1 Å². The van der Waals surface area contributed by atoms with Crippen molar-refractivity contribution in [3.05, 3.63) is 70.6 Å². The summed E-state index contributed by atoms with van der Waals surface area (Å²) >= 11 is 1.31. The molecule has 3 aromatic heterocycles. The van der Waals surface area contributed by atoms with Crippen molar-refractivity contribution in [3.63, 3.8) is 0 Å². The third-order valence-electron chi connectivity index (χ3n) is 8.64. The van der Waals surface area contributed by atoms with Gasteiger partial charge in [0.25, 0.3) is 11.8 Å². The zero-order chi connectivity index (χ0) is 33.9.